The number of aryl methyl sites for hydroxylation is 1. The van der Waals surface area contributed by atoms with Crippen LogP contribution >= 0.6 is 0 Å². The van der Waals surface area contributed by atoms with Crippen molar-refractivity contribution in [1.29, 1.82) is 0 Å². The summed E-state index contributed by atoms with van der Waals surface area (Å²) in [6.45, 7) is 3.15. The number of likely N-dealkylation sites (tertiary alicyclic amines) is 1. The second-order valence-corrected chi connectivity index (χ2v) is 7.21. The number of nitrogens with one attached hydrogen (secondary N) is 1. The van der Waals surface area contributed by atoms with Crippen molar-refractivity contribution < 1.29 is 14.3 Å². The first-order chi connectivity index (χ1) is 14.6. The molecule has 0 unspecified atom stereocenters. The van der Waals surface area contributed by atoms with Crippen molar-refractivity contribution in [2.75, 3.05) is 25.5 Å². The van der Waals surface area contributed by atoms with E-state index < -0.39 is 0 Å². The summed E-state index contributed by atoms with van der Waals surface area (Å²) in [6, 6.07) is 14.5. The summed E-state index contributed by atoms with van der Waals surface area (Å²) in [4.78, 5) is 35.8. The summed E-state index contributed by atoms with van der Waals surface area (Å²) in [5.41, 5.74) is 3.31. The minimum absolute atomic E-state index is 0.0587. The first kappa shape index (κ1) is 19.6. The topological polar surface area (TPSA) is 84.4 Å². The van der Waals surface area contributed by atoms with Gasteiger partial charge in [-0.1, -0.05) is 12.1 Å². The van der Waals surface area contributed by atoms with E-state index in [1.807, 2.05) is 31.2 Å². The Balaban J connectivity index is 1.47. The zero-order chi connectivity index (χ0) is 21.1. The van der Waals surface area contributed by atoms with Gasteiger partial charge in [0.1, 0.15) is 5.56 Å². The summed E-state index contributed by atoms with van der Waals surface area (Å²) in [6.07, 6.45) is 3.33. The molecule has 1 aromatic carbocycles. The largest absolute Gasteiger partial charge is 0.480 e. The first-order valence-electron chi connectivity index (χ1n) is 9.68. The van der Waals surface area contributed by atoms with Crippen molar-refractivity contribution in [2.24, 2.45) is 0 Å². The zero-order valence-electron chi connectivity index (χ0n) is 16.8. The van der Waals surface area contributed by atoms with Gasteiger partial charge in [0.15, 0.2) is 0 Å². The molecule has 0 bridgehead atoms. The molecule has 2 aromatic heterocycles. The predicted octanol–water partition coefficient (Wildman–Crippen LogP) is 3.29. The number of benzene rings is 1. The van der Waals surface area contributed by atoms with Crippen molar-refractivity contribution >= 4 is 17.5 Å². The van der Waals surface area contributed by atoms with Crippen LogP contribution in [0.5, 0.6) is 5.88 Å². The van der Waals surface area contributed by atoms with Crippen molar-refractivity contribution in [3.05, 3.63) is 83.3 Å². The number of aromatic nitrogens is 2. The lowest BCUT2D eigenvalue weighted by atomic mass is 9.94. The molecule has 2 amide bonds. The fraction of sp³-hybridized carbons (Fsp3) is 0.217. The predicted molar refractivity (Wildman–Crippen MR) is 113 cm³/mol. The van der Waals surface area contributed by atoms with Gasteiger partial charge in [0.25, 0.3) is 11.8 Å². The quantitative estimate of drug-likeness (QED) is 0.708. The van der Waals surface area contributed by atoms with Crippen LogP contribution < -0.4 is 10.1 Å². The number of nitrogens with zero attached hydrogens (tertiary/aromatic N) is 3. The van der Waals surface area contributed by atoms with Gasteiger partial charge in [-0.15, -0.1) is 0 Å². The van der Waals surface area contributed by atoms with Gasteiger partial charge in [-0.25, -0.2) is 4.98 Å². The van der Waals surface area contributed by atoms with Crippen LogP contribution in [-0.2, 0) is 0 Å². The Morgan fingerprint density at radius 1 is 1.07 bits per heavy atom. The van der Waals surface area contributed by atoms with Gasteiger partial charge in [-0.2, -0.15) is 0 Å². The molecule has 0 spiro atoms. The molecule has 0 saturated carbocycles. The molecule has 152 valence electrons. The van der Waals surface area contributed by atoms with Crippen LogP contribution in [0.1, 0.15) is 37.9 Å². The number of hydrogen-bond donors (Lipinski definition) is 1. The van der Waals surface area contributed by atoms with Gasteiger partial charge >= 0.3 is 0 Å². The monoisotopic (exact) mass is 402 g/mol. The Labute approximate surface area is 174 Å². The highest BCUT2D eigenvalue weighted by molar-refractivity contribution is 6.07. The number of carbonyl (C=O) groups is 2. The number of rotatable bonds is 5. The van der Waals surface area contributed by atoms with E-state index in [9.17, 15) is 9.59 Å². The number of amides is 2. The molecule has 3 aromatic rings. The van der Waals surface area contributed by atoms with Crippen molar-refractivity contribution in [2.45, 2.75) is 12.8 Å². The third kappa shape index (κ3) is 3.87. The third-order valence-corrected chi connectivity index (χ3v) is 5.22. The van der Waals surface area contributed by atoms with Gasteiger partial charge in [0, 0.05) is 48.3 Å². The van der Waals surface area contributed by atoms with E-state index in [1.54, 1.807) is 41.6 Å². The minimum atomic E-state index is -0.341. The van der Waals surface area contributed by atoms with E-state index in [0.29, 0.717) is 29.9 Å². The summed E-state index contributed by atoms with van der Waals surface area (Å²) in [5.74, 6) is 0.113. The SMILES string of the molecule is COc1ncccc1C(=O)Nc1cc(C(=O)N2CC(c3ccccn3)C2)ccc1C. The number of hydrogen-bond acceptors (Lipinski definition) is 5. The number of anilines is 1. The van der Waals surface area contributed by atoms with Crippen LogP contribution in [-0.4, -0.2) is 46.9 Å². The number of methoxy groups -OCH3 is 1. The molecule has 1 fully saturated rings. The molecule has 1 N–H and O–H groups in total. The van der Waals surface area contributed by atoms with Crippen molar-refractivity contribution in [3.63, 3.8) is 0 Å². The van der Waals surface area contributed by atoms with Crippen LogP contribution in [0.4, 0.5) is 5.69 Å². The smallest absolute Gasteiger partial charge is 0.261 e. The van der Waals surface area contributed by atoms with E-state index in [1.165, 1.54) is 7.11 Å². The Morgan fingerprint density at radius 3 is 2.60 bits per heavy atom. The Kier molecular flexibility index (Phi) is 5.43. The van der Waals surface area contributed by atoms with Crippen LogP contribution in [0.3, 0.4) is 0 Å². The number of ether oxygens (including phenoxy) is 1. The standard InChI is InChI=1S/C23H22N4O3/c1-15-8-9-16(23(29)27-13-17(14-27)19-7-3-4-10-24-19)12-20(15)26-21(28)18-6-5-11-25-22(18)30-2/h3-12,17H,13-14H2,1-2H3,(H,26,28). The first-order valence-corrected chi connectivity index (χ1v) is 9.68. The fourth-order valence-corrected chi connectivity index (χ4v) is 3.44. The molecule has 1 saturated heterocycles. The maximum absolute atomic E-state index is 12.9. The lowest BCUT2D eigenvalue weighted by molar-refractivity contribution is 0.0598. The van der Waals surface area contributed by atoms with E-state index in [-0.39, 0.29) is 23.6 Å². The van der Waals surface area contributed by atoms with Crippen LogP contribution in [0.25, 0.3) is 0 Å². The third-order valence-electron chi connectivity index (χ3n) is 5.22. The summed E-state index contributed by atoms with van der Waals surface area (Å²) < 4.78 is 5.16. The highest BCUT2D eigenvalue weighted by Crippen LogP contribution is 2.28. The van der Waals surface area contributed by atoms with Crippen LogP contribution in [0, 0.1) is 6.92 Å². The number of pyridine rings is 2. The molecule has 7 heteroatoms. The molecule has 4 rings (SSSR count). The summed E-state index contributed by atoms with van der Waals surface area (Å²) in [7, 11) is 1.47. The Bertz CT molecular complexity index is 1080. The molecule has 1 aliphatic heterocycles. The maximum Gasteiger partial charge on any atom is 0.261 e. The molecule has 30 heavy (non-hydrogen) atoms. The van der Waals surface area contributed by atoms with Gasteiger partial charge in [-0.3, -0.25) is 14.6 Å². The van der Waals surface area contributed by atoms with E-state index in [2.05, 4.69) is 15.3 Å². The highest BCUT2D eigenvalue weighted by atomic mass is 16.5. The van der Waals surface area contributed by atoms with Gasteiger partial charge in [0.2, 0.25) is 5.88 Å². The Hall–Kier alpha value is -3.74. The average Bonchev–Trinajstić information content (AvgIpc) is 2.74. The molecule has 0 aliphatic carbocycles. The second-order valence-electron chi connectivity index (χ2n) is 7.21. The van der Waals surface area contributed by atoms with Crippen LogP contribution in [0.15, 0.2) is 60.9 Å². The zero-order valence-corrected chi connectivity index (χ0v) is 16.8. The van der Waals surface area contributed by atoms with E-state index in [4.69, 9.17) is 4.74 Å². The molecule has 3 heterocycles. The lowest BCUT2D eigenvalue weighted by Gasteiger charge is -2.39. The molecule has 7 nitrogen and oxygen atoms in total. The average molecular weight is 402 g/mol. The maximum atomic E-state index is 12.9. The van der Waals surface area contributed by atoms with Crippen molar-refractivity contribution in [1.82, 2.24) is 14.9 Å². The van der Waals surface area contributed by atoms with Gasteiger partial charge < -0.3 is 15.0 Å². The molecular weight excluding hydrogens is 380 g/mol. The number of carbonyl (C=O) groups excluding carboxylic acids is 2. The molecule has 1 aliphatic rings. The van der Waals surface area contributed by atoms with Crippen LogP contribution in [0.2, 0.25) is 0 Å². The molecular formula is C23H22N4O3. The van der Waals surface area contributed by atoms with Gasteiger partial charge in [-0.05, 0) is 48.9 Å². The minimum Gasteiger partial charge on any atom is -0.480 e. The van der Waals surface area contributed by atoms with Gasteiger partial charge in [0.05, 0.1) is 7.11 Å². The Morgan fingerprint density at radius 2 is 1.87 bits per heavy atom. The summed E-state index contributed by atoms with van der Waals surface area (Å²) in [5, 5.41) is 2.87. The molecule has 0 atom stereocenters. The highest BCUT2D eigenvalue weighted by Gasteiger charge is 2.33. The van der Waals surface area contributed by atoms with E-state index >= 15 is 0 Å². The second kappa shape index (κ2) is 8.32. The fourth-order valence-electron chi connectivity index (χ4n) is 3.44. The van der Waals surface area contributed by atoms with Crippen molar-refractivity contribution in [3.8, 4) is 5.88 Å². The summed E-state index contributed by atoms with van der Waals surface area (Å²) >= 11 is 0. The normalized spacial score (nSPS) is 13.5. The molecule has 0 radical (unpaired) electrons. The van der Waals surface area contributed by atoms with E-state index in [0.717, 1.165) is 11.3 Å². The lowest BCUT2D eigenvalue weighted by Crippen LogP contribution is -2.48.